The number of carbonyl (C=O) groups is 2. The van der Waals surface area contributed by atoms with E-state index in [0.29, 0.717) is 0 Å². The Bertz CT molecular complexity index is 831. The summed E-state index contributed by atoms with van der Waals surface area (Å²) in [5.41, 5.74) is 0.194. The van der Waals surface area contributed by atoms with Crippen LogP contribution in [0.15, 0.2) is 36.7 Å². The Morgan fingerprint density at radius 1 is 1.23 bits per heavy atom. The van der Waals surface area contributed by atoms with E-state index in [1.165, 1.54) is 4.90 Å². The molecule has 1 aromatic heterocycles. The van der Waals surface area contributed by atoms with E-state index in [1.807, 2.05) is 24.3 Å². The fourth-order valence-corrected chi connectivity index (χ4v) is 3.06. The van der Waals surface area contributed by atoms with Crippen LogP contribution in [0.3, 0.4) is 0 Å². The molecule has 7 nitrogen and oxygen atoms in total. The summed E-state index contributed by atoms with van der Waals surface area (Å²) in [5, 5.41) is 14.8. The SMILES string of the molecule is CC(C)(C)OC(=O)N1C[C@H](Nc2ccc3cnccc3c2)[C@@H](C(=O)O)C1. The molecule has 1 amide bonds. The van der Waals surface area contributed by atoms with Gasteiger partial charge in [0.25, 0.3) is 0 Å². The van der Waals surface area contributed by atoms with Gasteiger partial charge in [0, 0.05) is 36.6 Å². The van der Waals surface area contributed by atoms with Crippen LogP contribution < -0.4 is 5.32 Å². The zero-order valence-electron chi connectivity index (χ0n) is 15.1. The van der Waals surface area contributed by atoms with Gasteiger partial charge < -0.3 is 20.1 Å². The number of hydrogen-bond acceptors (Lipinski definition) is 5. The molecule has 3 rings (SSSR count). The number of carboxylic acids is 1. The molecule has 0 aliphatic carbocycles. The molecule has 1 aliphatic rings. The number of rotatable bonds is 3. The molecule has 7 heteroatoms. The van der Waals surface area contributed by atoms with Crippen LogP contribution in [0.5, 0.6) is 0 Å². The topological polar surface area (TPSA) is 91.8 Å². The third kappa shape index (κ3) is 4.04. The Kier molecular flexibility index (Phi) is 4.71. The molecule has 0 spiro atoms. The quantitative estimate of drug-likeness (QED) is 0.877. The van der Waals surface area contributed by atoms with Gasteiger partial charge in [-0.2, -0.15) is 0 Å². The van der Waals surface area contributed by atoms with E-state index >= 15 is 0 Å². The first kappa shape index (κ1) is 18.0. The van der Waals surface area contributed by atoms with Gasteiger partial charge in [0.1, 0.15) is 5.60 Å². The van der Waals surface area contributed by atoms with Gasteiger partial charge in [-0.1, -0.05) is 6.07 Å². The van der Waals surface area contributed by atoms with Gasteiger partial charge in [-0.15, -0.1) is 0 Å². The monoisotopic (exact) mass is 357 g/mol. The Morgan fingerprint density at radius 2 is 2.00 bits per heavy atom. The summed E-state index contributed by atoms with van der Waals surface area (Å²) >= 11 is 0. The average Bonchev–Trinajstić information content (AvgIpc) is 2.97. The Hall–Kier alpha value is -2.83. The number of likely N-dealkylation sites (tertiary alicyclic amines) is 1. The molecule has 2 aromatic rings. The van der Waals surface area contributed by atoms with Crippen molar-refractivity contribution < 1.29 is 19.4 Å². The van der Waals surface area contributed by atoms with Crippen LogP contribution in [-0.2, 0) is 9.53 Å². The van der Waals surface area contributed by atoms with Crippen LogP contribution in [0, 0.1) is 5.92 Å². The number of carbonyl (C=O) groups excluding carboxylic acids is 1. The smallest absolute Gasteiger partial charge is 0.410 e. The third-order valence-corrected chi connectivity index (χ3v) is 4.28. The Morgan fingerprint density at radius 3 is 2.69 bits per heavy atom. The lowest BCUT2D eigenvalue weighted by atomic mass is 10.0. The van der Waals surface area contributed by atoms with E-state index in [1.54, 1.807) is 33.2 Å². The standard InChI is InChI=1S/C19H23N3O4/c1-19(2,3)26-18(25)22-10-15(17(23)24)16(11-22)21-14-5-4-13-9-20-7-6-12(13)8-14/h4-9,15-16,21H,10-11H2,1-3H3,(H,23,24)/t15-,16-/m0/s1. The van der Waals surface area contributed by atoms with E-state index in [9.17, 15) is 14.7 Å². The molecular formula is C19H23N3O4. The highest BCUT2D eigenvalue weighted by Crippen LogP contribution is 2.25. The molecule has 0 saturated carbocycles. The van der Waals surface area contributed by atoms with Gasteiger partial charge in [-0.25, -0.2) is 4.79 Å². The fourth-order valence-electron chi connectivity index (χ4n) is 3.06. The Labute approximate surface area is 152 Å². The second kappa shape index (κ2) is 6.82. The summed E-state index contributed by atoms with van der Waals surface area (Å²) < 4.78 is 5.37. The maximum atomic E-state index is 12.3. The summed E-state index contributed by atoms with van der Waals surface area (Å²) in [4.78, 5) is 29.5. The number of nitrogens with one attached hydrogen (secondary N) is 1. The normalized spacial score (nSPS) is 20.2. The maximum Gasteiger partial charge on any atom is 0.410 e. The molecule has 2 heterocycles. The highest BCUT2D eigenvalue weighted by molar-refractivity contribution is 5.85. The molecule has 1 saturated heterocycles. The van der Waals surface area contributed by atoms with Crippen molar-refractivity contribution in [1.29, 1.82) is 0 Å². The van der Waals surface area contributed by atoms with Gasteiger partial charge in [0.05, 0.1) is 12.0 Å². The van der Waals surface area contributed by atoms with Crippen molar-refractivity contribution in [2.75, 3.05) is 18.4 Å². The first-order valence-corrected chi connectivity index (χ1v) is 8.54. The predicted molar refractivity (Wildman–Crippen MR) is 98.1 cm³/mol. The minimum atomic E-state index is -0.932. The number of nitrogens with zero attached hydrogens (tertiary/aromatic N) is 2. The molecule has 2 N–H and O–H groups in total. The van der Waals surface area contributed by atoms with Crippen molar-refractivity contribution in [3.8, 4) is 0 Å². The summed E-state index contributed by atoms with van der Waals surface area (Å²) in [5.74, 6) is -1.63. The lowest BCUT2D eigenvalue weighted by molar-refractivity contribution is -0.141. The largest absolute Gasteiger partial charge is 0.481 e. The van der Waals surface area contributed by atoms with Crippen molar-refractivity contribution in [2.24, 2.45) is 5.92 Å². The number of benzene rings is 1. The molecule has 0 bridgehead atoms. The summed E-state index contributed by atoms with van der Waals surface area (Å²) in [7, 11) is 0. The number of aromatic nitrogens is 1. The van der Waals surface area contributed by atoms with Crippen molar-refractivity contribution in [2.45, 2.75) is 32.4 Å². The third-order valence-electron chi connectivity index (χ3n) is 4.28. The lowest BCUT2D eigenvalue weighted by Gasteiger charge is -2.24. The molecule has 1 aliphatic heterocycles. The van der Waals surface area contributed by atoms with Gasteiger partial charge in [0.2, 0.25) is 0 Å². The van der Waals surface area contributed by atoms with Crippen molar-refractivity contribution in [1.82, 2.24) is 9.88 Å². The van der Waals surface area contributed by atoms with Crippen molar-refractivity contribution >= 4 is 28.5 Å². The van der Waals surface area contributed by atoms with Gasteiger partial charge in [0.15, 0.2) is 0 Å². The average molecular weight is 357 g/mol. The fraction of sp³-hybridized carbons (Fsp3) is 0.421. The second-order valence-electron chi connectivity index (χ2n) is 7.52. The zero-order chi connectivity index (χ0) is 18.9. The van der Waals surface area contributed by atoms with E-state index in [-0.39, 0.29) is 19.1 Å². The highest BCUT2D eigenvalue weighted by atomic mass is 16.6. The molecule has 1 aromatic carbocycles. The molecule has 138 valence electrons. The molecular weight excluding hydrogens is 334 g/mol. The summed E-state index contributed by atoms with van der Waals surface area (Å²) in [6.45, 7) is 5.76. The first-order valence-electron chi connectivity index (χ1n) is 8.54. The summed E-state index contributed by atoms with van der Waals surface area (Å²) in [6, 6.07) is 7.28. The molecule has 26 heavy (non-hydrogen) atoms. The number of aliphatic carboxylic acids is 1. The van der Waals surface area contributed by atoms with E-state index in [4.69, 9.17) is 4.74 Å². The molecule has 0 unspecified atom stereocenters. The van der Waals surface area contributed by atoms with Crippen molar-refractivity contribution in [3.63, 3.8) is 0 Å². The van der Waals surface area contributed by atoms with Gasteiger partial charge >= 0.3 is 12.1 Å². The lowest BCUT2D eigenvalue weighted by Crippen LogP contribution is -2.36. The molecule has 2 atom stereocenters. The number of fused-ring (bicyclic) bond motifs is 1. The van der Waals surface area contributed by atoms with Crippen LogP contribution in [0.4, 0.5) is 10.5 Å². The van der Waals surface area contributed by atoms with Crippen LogP contribution in [0.25, 0.3) is 10.8 Å². The van der Waals surface area contributed by atoms with Crippen LogP contribution in [0.1, 0.15) is 20.8 Å². The minimum Gasteiger partial charge on any atom is -0.481 e. The predicted octanol–water partition coefficient (Wildman–Crippen LogP) is 2.97. The van der Waals surface area contributed by atoms with Gasteiger partial charge in [-0.3, -0.25) is 9.78 Å². The number of carboxylic acid groups (broad SMARTS) is 1. The van der Waals surface area contributed by atoms with E-state index < -0.39 is 23.6 Å². The minimum absolute atomic E-state index is 0.124. The van der Waals surface area contributed by atoms with Crippen LogP contribution in [-0.4, -0.2) is 51.8 Å². The number of hydrogen-bond donors (Lipinski definition) is 2. The van der Waals surface area contributed by atoms with Crippen molar-refractivity contribution in [3.05, 3.63) is 36.7 Å². The molecule has 1 fully saturated rings. The summed E-state index contributed by atoms with van der Waals surface area (Å²) in [6.07, 6.45) is 3.00. The highest BCUT2D eigenvalue weighted by Gasteiger charge is 2.41. The van der Waals surface area contributed by atoms with Crippen LogP contribution >= 0.6 is 0 Å². The van der Waals surface area contributed by atoms with E-state index in [2.05, 4.69) is 10.3 Å². The van der Waals surface area contributed by atoms with Gasteiger partial charge in [-0.05, 0) is 44.4 Å². The van der Waals surface area contributed by atoms with Crippen LogP contribution in [0.2, 0.25) is 0 Å². The number of ether oxygens (including phenoxy) is 1. The number of pyridine rings is 1. The maximum absolute atomic E-state index is 12.3. The van der Waals surface area contributed by atoms with E-state index in [0.717, 1.165) is 16.5 Å². The number of anilines is 1. The Balaban J connectivity index is 1.76. The second-order valence-corrected chi connectivity index (χ2v) is 7.52. The molecule has 0 radical (unpaired) electrons. The first-order chi connectivity index (χ1) is 12.2. The zero-order valence-corrected chi connectivity index (χ0v) is 15.1. The number of amides is 1.